The van der Waals surface area contributed by atoms with Crippen LogP contribution in [0, 0.1) is 17.5 Å². The number of carbonyl (C=O) groups is 1. The zero-order valence-electron chi connectivity index (χ0n) is 16.6. The van der Waals surface area contributed by atoms with Crippen LogP contribution in [0.25, 0.3) is 0 Å². The van der Waals surface area contributed by atoms with Crippen molar-refractivity contribution in [1.82, 2.24) is 0 Å². The molecule has 2 N–H and O–H groups in total. The number of carboxylic acid groups (broad SMARTS) is 1. The molecular formula is C23H17Cl2F3O4. The zero-order chi connectivity index (χ0) is 23.6. The number of halogens is 5. The summed E-state index contributed by atoms with van der Waals surface area (Å²) in [5.74, 6) is -4.85. The highest BCUT2D eigenvalue weighted by atomic mass is 35.5. The van der Waals surface area contributed by atoms with Gasteiger partial charge in [0.2, 0.25) is 0 Å². The van der Waals surface area contributed by atoms with E-state index in [-0.39, 0.29) is 33.9 Å². The van der Waals surface area contributed by atoms with Crippen LogP contribution >= 0.6 is 23.2 Å². The summed E-state index contributed by atoms with van der Waals surface area (Å²) in [6.07, 6.45) is -0.205. The Morgan fingerprint density at radius 1 is 1.06 bits per heavy atom. The van der Waals surface area contributed by atoms with E-state index in [1.165, 1.54) is 36.4 Å². The normalized spacial score (nSPS) is 11.9. The first-order chi connectivity index (χ1) is 15.1. The second kappa shape index (κ2) is 9.71. The van der Waals surface area contributed by atoms with Crippen molar-refractivity contribution < 1.29 is 32.9 Å². The number of hydrogen-bond donors (Lipinski definition) is 2. The van der Waals surface area contributed by atoms with E-state index >= 15 is 4.39 Å². The topological polar surface area (TPSA) is 66.8 Å². The minimum Gasteiger partial charge on any atom is -0.508 e. The molecule has 0 saturated heterocycles. The van der Waals surface area contributed by atoms with Crippen molar-refractivity contribution in [2.24, 2.45) is 0 Å². The molecule has 3 aromatic rings. The van der Waals surface area contributed by atoms with Gasteiger partial charge in [0.1, 0.15) is 17.4 Å². The summed E-state index contributed by atoms with van der Waals surface area (Å²) in [4.78, 5) is 10.6. The summed E-state index contributed by atoms with van der Waals surface area (Å²) in [7, 11) is 0. The van der Waals surface area contributed by atoms with E-state index in [0.29, 0.717) is 5.56 Å². The lowest BCUT2D eigenvalue weighted by molar-refractivity contribution is -0.139. The molecule has 0 aliphatic rings. The molecule has 0 heterocycles. The number of ether oxygens (including phenoxy) is 1. The molecule has 0 saturated carbocycles. The maximum atomic E-state index is 15.4. The largest absolute Gasteiger partial charge is 0.508 e. The molecule has 9 heteroatoms. The van der Waals surface area contributed by atoms with Crippen LogP contribution in [0.2, 0.25) is 10.0 Å². The third-order valence-electron chi connectivity index (χ3n) is 4.98. The first-order valence-corrected chi connectivity index (χ1v) is 10.1. The zero-order valence-corrected chi connectivity index (χ0v) is 18.1. The van der Waals surface area contributed by atoms with Crippen molar-refractivity contribution in [3.63, 3.8) is 0 Å². The van der Waals surface area contributed by atoms with Gasteiger partial charge in [0, 0.05) is 29.0 Å². The van der Waals surface area contributed by atoms with E-state index in [1.54, 1.807) is 6.92 Å². The average molecular weight is 485 g/mol. The van der Waals surface area contributed by atoms with Crippen molar-refractivity contribution in [2.45, 2.75) is 19.3 Å². The van der Waals surface area contributed by atoms with Crippen molar-refractivity contribution in [3.05, 3.63) is 92.2 Å². The van der Waals surface area contributed by atoms with Crippen LogP contribution < -0.4 is 4.74 Å². The molecule has 0 amide bonds. The van der Waals surface area contributed by atoms with Gasteiger partial charge in [0.25, 0.3) is 0 Å². The van der Waals surface area contributed by atoms with E-state index in [1.807, 2.05) is 0 Å². The lowest BCUT2D eigenvalue weighted by Gasteiger charge is -2.18. The number of hydrogen-bond acceptors (Lipinski definition) is 3. The van der Waals surface area contributed by atoms with Gasteiger partial charge in [-0.15, -0.1) is 0 Å². The maximum absolute atomic E-state index is 15.4. The quantitative estimate of drug-likeness (QED) is 0.385. The summed E-state index contributed by atoms with van der Waals surface area (Å²) >= 11 is 12.3. The van der Waals surface area contributed by atoms with Gasteiger partial charge in [-0.3, -0.25) is 0 Å². The molecule has 1 unspecified atom stereocenters. The predicted octanol–water partition coefficient (Wildman–Crippen LogP) is 6.32. The first kappa shape index (κ1) is 23.8. The van der Waals surface area contributed by atoms with Crippen LogP contribution in [0.4, 0.5) is 13.2 Å². The highest BCUT2D eigenvalue weighted by Gasteiger charge is 2.23. The molecule has 1 atom stereocenters. The smallest absolute Gasteiger partial charge is 0.341 e. The molecule has 0 aliphatic heterocycles. The molecule has 0 aliphatic carbocycles. The minimum atomic E-state index is -1.31. The maximum Gasteiger partial charge on any atom is 0.341 e. The number of benzene rings is 3. The fourth-order valence-corrected chi connectivity index (χ4v) is 3.87. The molecule has 0 aromatic heterocycles. The third kappa shape index (κ3) is 4.95. The number of phenols is 1. The molecule has 3 rings (SSSR count). The van der Waals surface area contributed by atoms with Crippen LogP contribution in [-0.4, -0.2) is 22.8 Å². The Morgan fingerprint density at radius 3 is 2.34 bits per heavy atom. The number of carboxylic acids is 1. The predicted molar refractivity (Wildman–Crippen MR) is 114 cm³/mol. The van der Waals surface area contributed by atoms with Crippen LogP contribution in [0.15, 0.2) is 42.5 Å². The fraction of sp³-hybridized carbons (Fsp3) is 0.174. The van der Waals surface area contributed by atoms with Gasteiger partial charge in [-0.25, -0.2) is 18.0 Å². The van der Waals surface area contributed by atoms with Crippen molar-refractivity contribution >= 4 is 29.2 Å². The Balaban J connectivity index is 1.98. The van der Waals surface area contributed by atoms with Crippen molar-refractivity contribution in [3.8, 4) is 11.5 Å². The van der Waals surface area contributed by atoms with E-state index in [0.717, 1.165) is 6.07 Å². The monoisotopic (exact) mass is 484 g/mol. The highest BCUT2D eigenvalue weighted by Crippen LogP contribution is 2.39. The first-order valence-electron chi connectivity index (χ1n) is 9.36. The Hall–Kier alpha value is -2.90. The molecule has 4 nitrogen and oxygen atoms in total. The average Bonchev–Trinajstić information content (AvgIpc) is 2.74. The second-order valence-electron chi connectivity index (χ2n) is 7.07. The minimum absolute atomic E-state index is 0.0109. The Labute approximate surface area is 191 Å². The molecule has 3 aromatic carbocycles. The number of aromatic hydroxyl groups is 1. The molecule has 168 valence electrons. The molecule has 0 fully saturated rings. The molecule has 0 radical (unpaired) electrons. The number of rotatable bonds is 7. The van der Waals surface area contributed by atoms with Crippen LogP contribution in [0.3, 0.4) is 0 Å². The third-order valence-corrected chi connectivity index (χ3v) is 5.71. The highest BCUT2D eigenvalue weighted by molar-refractivity contribution is 6.36. The number of aliphatic carboxylic acids is 1. The fourth-order valence-electron chi connectivity index (χ4n) is 3.30. The van der Waals surface area contributed by atoms with Crippen molar-refractivity contribution in [2.75, 3.05) is 6.61 Å². The van der Waals surface area contributed by atoms with E-state index in [4.69, 9.17) is 33.0 Å². The van der Waals surface area contributed by atoms with Gasteiger partial charge in [0.05, 0.1) is 5.02 Å². The summed E-state index contributed by atoms with van der Waals surface area (Å²) in [6, 6.07) is 9.15. The van der Waals surface area contributed by atoms with Gasteiger partial charge in [-0.05, 0) is 34.9 Å². The standard InChI is InChI=1S/C23H17Cl2F3O4/c1-11(12-2-5-14(26)6-3-12)20-17(29)7-4-13(22(20)27)8-15-16(24)9-18(23(28)21(15)25)32-10-19(30)31/h2-7,9,11,29H,8,10H2,1H3,(H,30,31). The molecule has 32 heavy (non-hydrogen) atoms. The SMILES string of the molecule is CC(c1ccc(F)cc1)c1c(O)ccc(Cc2c(Cl)cc(OCC(=O)O)c(F)c2Cl)c1F. The Morgan fingerprint density at radius 2 is 1.72 bits per heavy atom. The van der Waals surface area contributed by atoms with Crippen LogP contribution in [0.5, 0.6) is 11.5 Å². The van der Waals surface area contributed by atoms with Crippen LogP contribution in [0.1, 0.15) is 35.1 Å². The van der Waals surface area contributed by atoms with Gasteiger partial charge in [-0.1, -0.05) is 48.3 Å². The van der Waals surface area contributed by atoms with Crippen molar-refractivity contribution in [1.29, 1.82) is 0 Å². The lowest BCUT2D eigenvalue weighted by Crippen LogP contribution is -2.11. The van der Waals surface area contributed by atoms with E-state index < -0.39 is 46.7 Å². The van der Waals surface area contributed by atoms with Gasteiger partial charge < -0.3 is 14.9 Å². The van der Waals surface area contributed by atoms with E-state index in [2.05, 4.69) is 0 Å². The second-order valence-corrected chi connectivity index (χ2v) is 7.85. The Kier molecular flexibility index (Phi) is 7.21. The molecule has 0 bridgehead atoms. The summed E-state index contributed by atoms with van der Waals surface area (Å²) < 4.78 is 48.0. The van der Waals surface area contributed by atoms with Gasteiger partial charge in [0.15, 0.2) is 18.2 Å². The van der Waals surface area contributed by atoms with Gasteiger partial charge >= 0.3 is 5.97 Å². The lowest BCUT2D eigenvalue weighted by atomic mass is 9.89. The van der Waals surface area contributed by atoms with Gasteiger partial charge in [-0.2, -0.15) is 0 Å². The van der Waals surface area contributed by atoms with E-state index in [9.17, 15) is 18.7 Å². The summed E-state index contributed by atoms with van der Waals surface area (Å²) in [6.45, 7) is 0.865. The molecule has 0 spiro atoms. The number of phenolic OH excluding ortho intramolecular Hbond substituents is 1. The molecular weight excluding hydrogens is 468 g/mol. The summed E-state index contributed by atoms with van der Waals surface area (Å²) in [5, 5.41) is 18.5. The summed E-state index contributed by atoms with van der Waals surface area (Å²) in [5.41, 5.74) is 0.732. The Bertz CT molecular complexity index is 1170. The van der Waals surface area contributed by atoms with Crippen LogP contribution in [-0.2, 0) is 11.2 Å².